The fourth-order valence-electron chi connectivity index (χ4n) is 3.65. The average molecular weight is 324 g/mol. The van der Waals surface area contributed by atoms with Crippen LogP contribution in [-0.2, 0) is 0 Å². The van der Waals surface area contributed by atoms with Crippen LogP contribution in [0, 0.1) is 6.92 Å². The van der Waals surface area contributed by atoms with Gasteiger partial charge < -0.3 is 14.8 Å². The van der Waals surface area contributed by atoms with E-state index in [1.807, 2.05) is 0 Å². The van der Waals surface area contributed by atoms with Crippen LogP contribution >= 0.6 is 0 Å². The van der Waals surface area contributed by atoms with Gasteiger partial charge in [0.2, 0.25) is 0 Å². The van der Waals surface area contributed by atoms with E-state index in [1.165, 1.54) is 16.7 Å². The smallest absolute Gasteiger partial charge is 0.161 e. The second kappa shape index (κ2) is 6.83. The fraction of sp³-hybridized carbons (Fsp3) is 0.400. The molecule has 0 amide bonds. The summed E-state index contributed by atoms with van der Waals surface area (Å²) in [6.07, 6.45) is 0. The molecule has 2 aromatic rings. The molecule has 0 saturated carbocycles. The lowest BCUT2D eigenvalue weighted by Crippen LogP contribution is -2.45. The van der Waals surface area contributed by atoms with Crippen LogP contribution in [0.3, 0.4) is 0 Å². The highest BCUT2D eigenvalue weighted by atomic mass is 16.6. The van der Waals surface area contributed by atoms with Crippen molar-refractivity contribution in [1.82, 2.24) is 10.2 Å². The summed E-state index contributed by atoms with van der Waals surface area (Å²) in [7, 11) is 0. The van der Waals surface area contributed by atoms with Crippen molar-refractivity contribution in [3.63, 3.8) is 0 Å². The van der Waals surface area contributed by atoms with E-state index in [0.29, 0.717) is 13.2 Å². The first kappa shape index (κ1) is 15.5. The Morgan fingerprint density at radius 1 is 0.958 bits per heavy atom. The van der Waals surface area contributed by atoms with Crippen molar-refractivity contribution in [1.29, 1.82) is 0 Å². The number of benzene rings is 2. The Balaban J connectivity index is 1.76. The molecule has 2 aromatic carbocycles. The average Bonchev–Trinajstić information content (AvgIpc) is 2.64. The predicted octanol–water partition coefficient (Wildman–Crippen LogP) is 2.76. The standard InChI is InChI=1S/C20H24N2O2/c1-15-4-2-3-5-17(15)20(22-10-8-21-9-11-22)16-6-7-18-19(14-16)24-13-12-23-18/h2-7,14,20-21H,8-13H2,1H3. The molecule has 4 heteroatoms. The highest BCUT2D eigenvalue weighted by Gasteiger charge is 2.26. The molecule has 2 aliphatic rings. The highest BCUT2D eigenvalue weighted by molar-refractivity contribution is 5.47. The maximum atomic E-state index is 5.81. The molecule has 1 atom stereocenters. The third-order valence-corrected chi connectivity index (χ3v) is 4.88. The number of rotatable bonds is 3. The number of nitrogens with one attached hydrogen (secondary N) is 1. The van der Waals surface area contributed by atoms with E-state index in [0.717, 1.165) is 37.7 Å². The number of piperazine rings is 1. The number of aryl methyl sites for hydroxylation is 1. The van der Waals surface area contributed by atoms with Gasteiger partial charge in [-0.3, -0.25) is 4.90 Å². The first-order valence-corrected chi connectivity index (χ1v) is 8.73. The van der Waals surface area contributed by atoms with Crippen LogP contribution in [0.25, 0.3) is 0 Å². The van der Waals surface area contributed by atoms with Crippen molar-refractivity contribution in [3.05, 3.63) is 59.2 Å². The van der Waals surface area contributed by atoms with Gasteiger partial charge >= 0.3 is 0 Å². The van der Waals surface area contributed by atoms with Crippen molar-refractivity contribution in [2.45, 2.75) is 13.0 Å². The molecule has 0 aliphatic carbocycles. The molecule has 0 aromatic heterocycles. The van der Waals surface area contributed by atoms with Gasteiger partial charge in [-0.1, -0.05) is 30.3 Å². The lowest BCUT2D eigenvalue weighted by Gasteiger charge is -2.36. The van der Waals surface area contributed by atoms with Crippen LogP contribution in [0.1, 0.15) is 22.7 Å². The Labute approximate surface area is 143 Å². The minimum absolute atomic E-state index is 0.254. The fourth-order valence-corrected chi connectivity index (χ4v) is 3.65. The van der Waals surface area contributed by atoms with E-state index in [4.69, 9.17) is 9.47 Å². The normalized spacial score (nSPS) is 19.0. The van der Waals surface area contributed by atoms with E-state index in [9.17, 15) is 0 Å². The van der Waals surface area contributed by atoms with E-state index in [2.05, 4.69) is 59.6 Å². The third-order valence-electron chi connectivity index (χ3n) is 4.88. The first-order chi connectivity index (χ1) is 11.8. The van der Waals surface area contributed by atoms with Crippen LogP contribution in [0.5, 0.6) is 11.5 Å². The quantitative estimate of drug-likeness (QED) is 0.941. The van der Waals surface area contributed by atoms with Gasteiger partial charge in [0.25, 0.3) is 0 Å². The van der Waals surface area contributed by atoms with Crippen molar-refractivity contribution in [2.24, 2.45) is 0 Å². The minimum atomic E-state index is 0.254. The molecule has 2 heterocycles. The SMILES string of the molecule is Cc1ccccc1C(c1ccc2c(c1)OCCO2)N1CCNCC1. The number of nitrogens with zero attached hydrogens (tertiary/aromatic N) is 1. The summed E-state index contributed by atoms with van der Waals surface area (Å²) < 4.78 is 11.5. The summed E-state index contributed by atoms with van der Waals surface area (Å²) in [4.78, 5) is 2.56. The lowest BCUT2D eigenvalue weighted by molar-refractivity contribution is 0.169. The van der Waals surface area contributed by atoms with Gasteiger partial charge in [0.15, 0.2) is 11.5 Å². The Kier molecular flexibility index (Phi) is 4.41. The van der Waals surface area contributed by atoms with Gasteiger partial charge in [0.1, 0.15) is 13.2 Å². The van der Waals surface area contributed by atoms with Crippen molar-refractivity contribution in [3.8, 4) is 11.5 Å². The van der Waals surface area contributed by atoms with Crippen molar-refractivity contribution >= 4 is 0 Å². The highest BCUT2D eigenvalue weighted by Crippen LogP contribution is 2.37. The zero-order valence-corrected chi connectivity index (χ0v) is 14.1. The van der Waals surface area contributed by atoms with Crippen LogP contribution in [0.2, 0.25) is 0 Å². The number of fused-ring (bicyclic) bond motifs is 1. The predicted molar refractivity (Wildman–Crippen MR) is 94.9 cm³/mol. The summed E-state index contributed by atoms with van der Waals surface area (Å²) in [6.45, 7) is 7.62. The van der Waals surface area contributed by atoms with Gasteiger partial charge in [0.05, 0.1) is 6.04 Å². The molecule has 0 spiro atoms. The van der Waals surface area contributed by atoms with Gasteiger partial charge in [0, 0.05) is 26.2 Å². The van der Waals surface area contributed by atoms with E-state index in [1.54, 1.807) is 0 Å². The summed E-state index contributed by atoms with van der Waals surface area (Å²) in [5.41, 5.74) is 3.97. The zero-order valence-electron chi connectivity index (χ0n) is 14.1. The molecule has 1 N–H and O–H groups in total. The molecule has 0 bridgehead atoms. The van der Waals surface area contributed by atoms with E-state index < -0.39 is 0 Å². The minimum Gasteiger partial charge on any atom is -0.486 e. The molecule has 4 nitrogen and oxygen atoms in total. The van der Waals surface area contributed by atoms with Crippen molar-refractivity contribution in [2.75, 3.05) is 39.4 Å². The second-order valence-electron chi connectivity index (χ2n) is 6.45. The van der Waals surface area contributed by atoms with E-state index in [-0.39, 0.29) is 6.04 Å². The Bertz CT molecular complexity index is 711. The molecule has 126 valence electrons. The maximum absolute atomic E-state index is 5.81. The molecule has 1 saturated heterocycles. The molecule has 1 unspecified atom stereocenters. The monoisotopic (exact) mass is 324 g/mol. The third kappa shape index (κ3) is 2.99. The molecular formula is C20H24N2O2. The Morgan fingerprint density at radius 3 is 2.50 bits per heavy atom. The topological polar surface area (TPSA) is 33.7 Å². The summed E-state index contributed by atoms with van der Waals surface area (Å²) in [5.74, 6) is 1.72. The van der Waals surface area contributed by atoms with Gasteiger partial charge in [-0.15, -0.1) is 0 Å². The van der Waals surface area contributed by atoms with E-state index >= 15 is 0 Å². The first-order valence-electron chi connectivity index (χ1n) is 8.73. The van der Waals surface area contributed by atoms with Crippen LogP contribution < -0.4 is 14.8 Å². The zero-order chi connectivity index (χ0) is 16.4. The Morgan fingerprint density at radius 2 is 1.71 bits per heavy atom. The largest absolute Gasteiger partial charge is 0.486 e. The summed E-state index contributed by atoms with van der Waals surface area (Å²) in [5, 5.41) is 3.45. The molecule has 4 rings (SSSR count). The number of hydrogen-bond acceptors (Lipinski definition) is 4. The molecule has 24 heavy (non-hydrogen) atoms. The molecule has 2 aliphatic heterocycles. The van der Waals surface area contributed by atoms with Crippen LogP contribution in [-0.4, -0.2) is 44.3 Å². The van der Waals surface area contributed by atoms with Gasteiger partial charge in [-0.2, -0.15) is 0 Å². The van der Waals surface area contributed by atoms with Crippen molar-refractivity contribution < 1.29 is 9.47 Å². The summed E-state index contributed by atoms with van der Waals surface area (Å²) in [6, 6.07) is 15.3. The van der Waals surface area contributed by atoms with Gasteiger partial charge in [-0.05, 0) is 35.7 Å². The molecule has 0 radical (unpaired) electrons. The lowest BCUT2D eigenvalue weighted by atomic mass is 9.93. The maximum Gasteiger partial charge on any atom is 0.161 e. The van der Waals surface area contributed by atoms with Gasteiger partial charge in [-0.25, -0.2) is 0 Å². The summed E-state index contributed by atoms with van der Waals surface area (Å²) >= 11 is 0. The Hall–Kier alpha value is -2.04. The molecule has 1 fully saturated rings. The second-order valence-corrected chi connectivity index (χ2v) is 6.45. The molecular weight excluding hydrogens is 300 g/mol. The van der Waals surface area contributed by atoms with Crippen LogP contribution in [0.4, 0.5) is 0 Å². The number of ether oxygens (including phenoxy) is 2. The van der Waals surface area contributed by atoms with Crippen LogP contribution in [0.15, 0.2) is 42.5 Å². The number of hydrogen-bond donors (Lipinski definition) is 1.